The normalized spacial score (nSPS) is 18.3. The SMILES string of the molecule is C[SiH](C)[Zr+]([C]1=CC([Si](C)(C)C)=CC1)[C]1=CC([Si](C)(C)C)=CC1.C[SiH](C)[Zr+]([C]1=CC([Si](C)(C)C)=CC1)[C]1=CC([Si](C)(C)C)=CC1.[Cl-].[Cl-]. The summed E-state index contributed by atoms with van der Waals surface area (Å²) in [5.41, 5.74) is 0. The summed E-state index contributed by atoms with van der Waals surface area (Å²) in [7, 11) is -4.49. The Kier molecular flexibility index (Phi) is 17.7. The van der Waals surface area contributed by atoms with Gasteiger partial charge in [-0.25, -0.2) is 0 Å². The zero-order chi connectivity index (χ0) is 33.4. The number of hydrogen-bond donors (Lipinski definition) is 0. The molecule has 0 spiro atoms. The van der Waals surface area contributed by atoms with Gasteiger partial charge in [0.2, 0.25) is 0 Å². The van der Waals surface area contributed by atoms with E-state index in [0.717, 1.165) is 0 Å². The van der Waals surface area contributed by atoms with Gasteiger partial charge in [0, 0.05) is 0 Å². The van der Waals surface area contributed by atoms with Crippen molar-refractivity contribution in [1.82, 2.24) is 0 Å². The molecule has 4 aliphatic carbocycles. The molecule has 0 nitrogen and oxygen atoms in total. The minimum Gasteiger partial charge on any atom is -1.00 e. The molecule has 4 rings (SSSR count). The maximum atomic E-state index is 2.68. The van der Waals surface area contributed by atoms with E-state index in [1.807, 2.05) is 13.1 Å². The largest absolute Gasteiger partial charge is 1.00 e. The number of halogens is 2. The van der Waals surface area contributed by atoms with Crippen molar-refractivity contribution in [2.45, 2.75) is 130 Å². The molecule has 0 aromatic rings. The Labute approximate surface area is 320 Å². The van der Waals surface area contributed by atoms with Crippen LogP contribution in [-0.4, -0.2) is 44.1 Å². The van der Waals surface area contributed by atoms with Crippen molar-refractivity contribution in [3.05, 3.63) is 82.5 Å². The molecule has 10 heteroatoms. The second-order valence-corrected chi connectivity index (χ2v) is 77.4. The van der Waals surface area contributed by atoms with Crippen molar-refractivity contribution in [3.63, 3.8) is 0 Å². The Morgan fingerprint density at radius 2 is 0.565 bits per heavy atom. The molecule has 0 saturated heterocycles. The fourth-order valence-corrected chi connectivity index (χ4v) is 51.4. The van der Waals surface area contributed by atoms with Gasteiger partial charge in [0.1, 0.15) is 0 Å². The summed E-state index contributed by atoms with van der Waals surface area (Å²) in [6.07, 6.45) is 26.3. The van der Waals surface area contributed by atoms with E-state index in [9.17, 15) is 0 Å². The van der Waals surface area contributed by atoms with Crippen molar-refractivity contribution < 1.29 is 66.6 Å². The summed E-state index contributed by atoms with van der Waals surface area (Å²) < 4.78 is 7.71. The van der Waals surface area contributed by atoms with Crippen molar-refractivity contribution in [2.24, 2.45) is 0 Å². The van der Waals surface area contributed by atoms with Crippen LogP contribution < -0.4 is 24.8 Å². The maximum absolute atomic E-state index is 2.68. The van der Waals surface area contributed by atoms with Crippen molar-refractivity contribution >= 4 is 44.1 Å². The van der Waals surface area contributed by atoms with Crippen LogP contribution in [-0.2, 0) is 41.8 Å². The summed E-state index contributed by atoms with van der Waals surface area (Å²) in [6.45, 7) is 40.4. The first-order valence-electron chi connectivity index (χ1n) is 17.4. The molecule has 0 heterocycles. The molecule has 0 fully saturated rings. The van der Waals surface area contributed by atoms with E-state index in [1.54, 1.807) is 20.8 Å². The smallest absolute Gasteiger partial charge is 1.00 e. The molecule has 0 atom stereocenters. The average molecular weight is 921 g/mol. The molecular weight excluding hydrogens is 854 g/mol. The average Bonchev–Trinajstić information content (AvgIpc) is 3.64. The minimum atomic E-state index is -1.50. The van der Waals surface area contributed by atoms with Gasteiger partial charge in [0.15, 0.2) is 0 Å². The molecule has 0 aromatic carbocycles. The summed E-state index contributed by atoms with van der Waals surface area (Å²) in [5.74, 6) is -1.06. The van der Waals surface area contributed by atoms with E-state index >= 15 is 0 Å². The third-order valence-electron chi connectivity index (χ3n) is 9.49. The van der Waals surface area contributed by atoms with Crippen LogP contribution >= 0.6 is 0 Å². The quantitative estimate of drug-likeness (QED) is 0.253. The van der Waals surface area contributed by atoms with Crippen LogP contribution in [0.1, 0.15) is 25.7 Å². The minimum absolute atomic E-state index is 0. The molecule has 0 aliphatic heterocycles. The van der Waals surface area contributed by atoms with Gasteiger partial charge in [-0.15, -0.1) is 0 Å². The third-order valence-corrected chi connectivity index (χ3v) is 56.2. The van der Waals surface area contributed by atoms with Gasteiger partial charge in [-0.1, -0.05) is 0 Å². The summed E-state index contributed by atoms with van der Waals surface area (Å²) in [6, 6.07) is 0. The maximum Gasteiger partial charge on any atom is -1.00 e. The van der Waals surface area contributed by atoms with E-state index in [-0.39, 0.29) is 24.8 Å². The van der Waals surface area contributed by atoms with Crippen LogP contribution in [0, 0.1) is 0 Å². The van der Waals surface area contributed by atoms with E-state index in [0.29, 0.717) is 0 Å². The van der Waals surface area contributed by atoms with Crippen LogP contribution in [0.25, 0.3) is 0 Å². The van der Waals surface area contributed by atoms with Crippen LogP contribution in [0.4, 0.5) is 0 Å². The Morgan fingerprint density at radius 3 is 0.674 bits per heavy atom. The topological polar surface area (TPSA) is 0 Å². The fourth-order valence-electron chi connectivity index (χ4n) is 6.84. The van der Waals surface area contributed by atoms with Gasteiger partial charge in [-0.2, -0.15) is 0 Å². The van der Waals surface area contributed by atoms with Gasteiger partial charge in [0.25, 0.3) is 0 Å². The molecule has 4 aliphatic rings. The van der Waals surface area contributed by atoms with Crippen molar-refractivity contribution in [2.75, 3.05) is 0 Å². The first kappa shape index (κ1) is 45.6. The number of allylic oxidation sites excluding steroid dienone is 16. The molecule has 0 saturated carbocycles. The van der Waals surface area contributed by atoms with Gasteiger partial charge >= 0.3 is 299 Å². The Bertz CT molecular complexity index is 1150. The molecule has 46 heavy (non-hydrogen) atoms. The van der Waals surface area contributed by atoms with E-state index in [2.05, 4.69) is 153 Å². The molecule has 0 aromatic heterocycles. The van der Waals surface area contributed by atoms with Gasteiger partial charge < -0.3 is 24.8 Å². The predicted octanol–water partition coefficient (Wildman–Crippen LogP) is 5.55. The summed E-state index contributed by atoms with van der Waals surface area (Å²) in [4.78, 5) is 0. The van der Waals surface area contributed by atoms with Crippen LogP contribution in [0.3, 0.4) is 0 Å². The molecule has 0 bridgehead atoms. The number of rotatable bonds is 10. The van der Waals surface area contributed by atoms with Crippen LogP contribution in [0.15, 0.2) is 82.5 Å². The second kappa shape index (κ2) is 17.9. The zero-order valence-electron chi connectivity index (χ0n) is 32.4. The van der Waals surface area contributed by atoms with E-state index in [1.165, 1.54) is 25.7 Å². The molecule has 256 valence electrons. The molecule has 0 amide bonds. The van der Waals surface area contributed by atoms with Crippen molar-refractivity contribution in [3.8, 4) is 0 Å². The standard InChI is InChI=1S/4C8H13Si.2C2H7Si.2ClH.2Zr/c4*1-9(2,3)8-6-4-5-7-8;2*1-3-2;;;;/h4*6-7H,4H2,1-3H3;2*3H,1-2H3;2*1H;;/q;;;;;;;;2*+1/p-2. The monoisotopic (exact) mass is 916 g/mol. The van der Waals surface area contributed by atoms with Crippen LogP contribution in [0.5, 0.6) is 0 Å². The van der Waals surface area contributed by atoms with E-state index < -0.39 is 86.0 Å². The Hall–Kier alpha value is 1.57. The molecular formula is C36H66Cl2Si6Zr2. The second-order valence-electron chi connectivity index (χ2n) is 18.3. The van der Waals surface area contributed by atoms with E-state index in [4.69, 9.17) is 0 Å². The third kappa shape index (κ3) is 12.4. The Balaban J connectivity index is 0.000000441. The summed E-state index contributed by atoms with van der Waals surface area (Å²) >= 11 is -3.01. The fraction of sp³-hybridized carbons (Fsp3) is 0.556. The summed E-state index contributed by atoms with van der Waals surface area (Å²) in [5, 5.41) is 6.92. The molecule has 0 radical (unpaired) electrons. The van der Waals surface area contributed by atoms with Crippen LogP contribution in [0.2, 0.25) is 105 Å². The van der Waals surface area contributed by atoms with Gasteiger partial charge in [0.05, 0.1) is 0 Å². The van der Waals surface area contributed by atoms with Crippen molar-refractivity contribution in [1.29, 1.82) is 0 Å². The first-order valence-corrected chi connectivity index (χ1v) is 50.6. The number of hydrogen-bond acceptors (Lipinski definition) is 0. The predicted molar refractivity (Wildman–Crippen MR) is 214 cm³/mol. The molecule has 0 unspecified atom stereocenters. The van der Waals surface area contributed by atoms with Gasteiger partial charge in [-0.3, -0.25) is 0 Å². The molecule has 0 N–H and O–H groups in total. The Morgan fingerprint density at radius 1 is 0.391 bits per heavy atom. The van der Waals surface area contributed by atoms with Gasteiger partial charge in [-0.05, 0) is 0 Å². The first-order chi connectivity index (χ1) is 20.0. The zero-order valence-corrected chi connectivity index (χ0v) is 45.1.